The standard InChI is InChI=1S/C19H22O3/c1-3-8-14-12-16(17(20)13-10-6-5-7-11-13)19(22)15(9-4-2)18(14)21/h5-7,10-12,21-22H,3-4,8-9H2,1-2H3. The number of carbonyl (C=O) groups is 1. The lowest BCUT2D eigenvalue weighted by atomic mass is 9.93. The first kappa shape index (κ1) is 16.1. The Hall–Kier alpha value is -2.29. The summed E-state index contributed by atoms with van der Waals surface area (Å²) in [6, 6.07) is 10.5. The zero-order valence-corrected chi connectivity index (χ0v) is 13.1. The smallest absolute Gasteiger partial charge is 0.196 e. The molecule has 2 aromatic rings. The molecule has 0 amide bonds. The highest BCUT2D eigenvalue weighted by molar-refractivity contribution is 6.11. The van der Waals surface area contributed by atoms with Crippen molar-refractivity contribution in [2.45, 2.75) is 39.5 Å². The van der Waals surface area contributed by atoms with Crippen molar-refractivity contribution in [3.8, 4) is 11.5 Å². The molecule has 0 aliphatic rings. The molecule has 0 saturated heterocycles. The first-order valence-corrected chi connectivity index (χ1v) is 7.76. The van der Waals surface area contributed by atoms with E-state index in [1.807, 2.05) is 19.9 Å². The highest BCUT2D eigenvalue weighted by atomic mass is 16.3. The second-order valence-corrected chi connectivity index (χ2v) is 5.45. The number of aromatic hydroxyl groups is 2. The Labute approximate surface area is 131 Å². The van der Waals surface area contributed by atoms with Crippen molar-refractivity contribution in [2.24, 2.45) is 0 Å². The molecule has 0 aliphatic carbocycles. The van der Waals surface area contributed by atoms with Gasteiger partial charge >= 0.3 is 0 Å². The summed E-state index contributed by atoms with van der Waals surface area (Å²) in [5.41, 5.74) is 2.01. The number of aryl methyl sites for hydroxylation is 1. The maximum atomic E-state index is 12.6. The molecule has 0 aromatic heterocycles. The molecule has 0 spiro atoms. The Morgan fingerprint density at radius 3 is 2.18 bits per heavy atom. The third-order valence-electron chi connectivity index (χ3n) is 3.75. The highest BCUT2D eigenvalue weighted by Crippen LogP contribution is 2.36. The lowest BCUT2D eigenvalue weighted by Crippen LogP contribution is -2.05. The van der Waals surface area contributed by atoms with E-state index in [0.29, 0.717) is 24.0 Å². The fourth-order valence-electron chi connectivity index (χ4n) is 2.64. The van der Waals surface area contributed by atoms with Gasteiger partial charge in [-0.25, -0.2) is 0 Å². The maximum absolute atomic E-state index is 12.6. The van der Waals surface area contributed by atoms with E-state index in [0.717, 1.165) is 18.4 Å². The predicted octanol–water partition coefficient (Wildman–Crippen LogP) is 4.23. The fraction of sp³-hybridized carbons (Fsp3) is 0.316. The van der Waals surface area contributed by atoms with Crippen LogP contribution in [-0.4, -0.2) is 16.0 Å². The molecule has 0 aliphatic heterocycles. The molecular weight excluding hydrogens is 276 g/mol. The number of hydrogen-bond acceptors (Lipinski definition) is 3. The Balaban J connectivity index is 2.57. The van der Waals surface area contributed by atoms with Crippen molar-refractivity contribution < 1.29 is 15.0 Å². The Morgan fingerprint density at radius 2 is 1.59 bits per heavy atom. The van der Waals surface area contributed by atoms with Crippen LogP contribution in [0.3, 0.4) is 0 Å². The van der Waals surface area contributed by atoms with Gasteiger partial charge in [0.25, 0.3) is 0 Å². The normalized spacial score (nSPS) is 10.6. The van der Waals surface area contributed by atoms with Crippen molar-refractivity contribution in [3.63, 3.8) is 0 Å². The molecule has 0 bridgehead atoms. The summed E-state index contributed by atoms with van der Waals surface area (Å²) in [5.74, 6) is -0.174. The largest absolute Gasteiger partial charge is 0.507 e. The minimum atomic E-state index is -0.215. The van der Waals surface area contributed by atoms with Crippen LogP contribution >= 0.6 is 0 Å². The van der Waals surface area contributed by atoms with Crippen LogP contribution in [0.5, 0.6) is 11.5 Å². The maximum Gasteiger partial charge on any atom is 0.196 e. The number of rotatable bonds is 6. The van der Waals surface area contributed by atoms with Crippen LogP contribution in [0.4, 0.5) is 0 Å². The van der Waals surface area contributed by atoms with Gasteiger partial charge in [-0.3, -0.25) is 4.79 Å². The molecular formula is C19H22O3. The summed E-state index contributed by atoms with van der Waals surface area (Å²) < 4.78 is 0. The number of hydrogen-bond donors (Lipinski definition) is 2. The summed E-state index contributed by atoms with van der Waals surface area (Å²) in [5, 5.41) is 20.8. The molecule has 0 radical (unpaired) electrons. The molecule has 3 nitrogen and oxygen atoms in total. The average Bonchev–Trinajstić information content (AvgIpc) is 2.54. The minimum Gasteiger partial charge on any atom is -0.507 e. The number of phenolic OH excluding ortho intramolecular Hbond substituents is 2. The third kappa shape index (κ3) is 3.14. The molecule has 2 N–H and O–H groups in total. The van der Waals surface area contributed by atoms with Crippen LogP contribution < -0.4 is 0 Å². The number of phenols is 2. The van der Waals surface area contributed by atoms with E-state index in [1.54, 1.807) is 30.3 Å². The summed E-state index contributed by atoms with van der Waals surface area (Å²) in [6.45, 7) is 3.99. The fourth-order valence-corrected chi connectivity index (χ4v) is 2.64. The monoisotopic (exact) mass is 298 g/mol. The van der Waals surface area contributed by atoms with Crippen LogP contribution in [0.1, 0.15) is 53.7 Å². The zero-order chi connectivity index (χ0) is 16.1. The van der Waals surface area contributed by atoms with Gasteiger partial charge in [-0.15, -0.1) is 0 Å². The number of benzene rings is 2. The van der Waals surface area contributed by atoms with Gasteiger partial charge in [0.1, 0.15) is 11.5 Å². The first-order valence-electron chi connectivity index (χ1n) is 7.76. The van der Waals surface area contributed by atoms with Gasteiger partial charge in [0.15, 0.2) is 5.78 Å². The number of ketones is 1. The lowest BCUT2D eigenvalue weighted by molar-refractivity contribution is 0.103. The summed E-state index contributed by atoms with van der Waals surface area (Å²) >= 11 is 0. The zero-order valence-electron chi connectivity index (χ0n) is 13.1. The number of carbonyl (C=O) groups excluding carboxylic acids is 1. The minimum absolute atomic E-state index is 0.0898. The predicted molar refractivity (Wildman–Crippen MR) is 87.6 cm³/mol. The van der Waals surface area contributed by atoms with Gasteiger partial charge in [-0.2, -0.15) is 0 Å². The molecule has 3 heteroatoms. The lowest BCUT2D eigenvalue weighted by Gasteiger charge is -2.15. The molecule has 0 heterocycles. The molecule has 0 saturated carbocycles. The molecule has 2 aromatic carbocycles. The summed E-state index contributed by atoms with van der Waals surface area (Å²) in [6.07, 6.45) is 2.88. The summed E-state index contributed by atoms with van der Waals surface area (Å²) in [7, 11) is 0. The van der Waals surface area contributed by atoms with E-state index < -0.39 is 0 Å². The van der Waals surface area contributed by atoms with E-state index in [2.05, 4.69) is 0 Å². The topological polar surface area (TPSA) is 57.5 Å². The van der Waals surface area contributed by atoms with E-state index in [1.165, 1.54) is 0 Å². The van der Waals surface area contributed by atoms with E-state index in [9.17, 15) is 15.0 Å². The van der Waals surface area contributed by atoms with Gasteiger partial charge in [0.05, 0.1) is 5.56 Å². The van der Waals surface area contributed by atoms with Crippen LogP contribution in [0.2, 0.25) is 0 Å². The third-order valence-corrected chi connectivity index (χ3v) is 3.75. The van der Waals surface area contributed by atoms with Crippen molar-refractivity contribution in [1.29, 1.82) is 0 Å². The van der Waals surface area contributed by atoms with E-state index in [-0.39, 0.29) is 22.8 Å². The molecule has 0 unspecified atom stereocenters. The summed E-state index contributed by atoms with van der Waals surface area (Å²) in [4.78, 5) is 12.6. The molecule has 0 fully saturated rings. The van der Waals surface area contributed by atoms with Gasteiger partial charge in [-0.05, 0) is 24.5 Å². The Kier molecular flexibility index (Phi) is 5.21. The SMILES string of the molecule is CCCc1cc(C(=O)c2ccccc2)c(O)c(CCC)c1O. The molecule has 2 rings (SSSR count). The first-order chi connectivity index (χ1) is 10.6. The van der Waals surface area contributed by atoms with E-state index >= 15 is 0 Å². The second-order valence-electron chi connectivity index (χ2n) is 5.45. The van der Waals surface area contributed by atoms with Crippen molar-refractivity contribution in [1.82, 2.24) is 0 Å². The van der Waals surface area contributed by atoms with Crippen LogP contribution in [0.25, 0.3) is 0 Å². The van der Waals surface area contributed by atoms with Gasteiger partial charge < -0.3 is 10.2 Å². The molecule has 22 heavy (non-hydrogen) atoms. The quantitative estimate of drug-likeness (QED) is 0.784. The van der Waals surface area contributed by atoms with Crippen molar-refractivity contribution in [3.05, 3.63) is 58.7 Å². The Bertz CT molecular complexity index is 660. The molecule has 0 atom stereocenters. The average molecular weight is 298 g/mol. The second kappa shape index (κ2) is 7.12. The molecule has 116 valence electrons. The van der Waals surface area contributed by atoms with Crippen molar-refractivity contribution >= 4 is 5.78 Å². The van der Waals surface area contributed by atoms with Crippen molar-refractivity contribution in [2.75, 3.05) is 0 Å². The van der Waals surface area contributed by atoms with Crippen LogP contribution in [0, 0.1) is 0 Å². The van der Waals surface area contributed by atoms with Gasteiger partial charge in [-0.1, -0.05) is 57.0 Å². The van der Waals surface area contributed by atoms with Gasteiger partial charge in [0.2, 0.25) is 0 Å². The highest BCUT2D eigenvalue weighted by Gasteiger charge is 2.21. The van der Waals surface area contributed by atoms with E-state index in [4.69, 9.17) is 0 Å². The Morgan fingerprint density at radius 1 is 0.955 bits per heavy atom. The van der Waals surface area contributed by atoms with Crippen LogP contribution in [-0.2, 0) is 12.8 Å². The van der Waals surface area contributed by atoms with Gasteiger partial charge in [0, 0.05) is 11.1 Å². The van der Waals surface area contributed by atoms with Crippen LogP contribution in [0.15, 0.2) is 36.4 Å².